The van der Waals surface area contributed by atoms with Crippen molar-refractivity contribution in [3.05, 3.63) is 30.1 Å². The van der Waals surface area contributed by atoms with Gasteiger partial charge in [-0.2, -0.15) is 0 Å². The van der Waals surface area contributed by atoms with E-state index < -0.39 is 0 Å². The maximum absolute atomic E-state index is 4.02. The number of nitrogens with one attached hydrogen (secondary N) is 1. The Morgan fingerprint density at radius 2 is 1.65 bits per heavy atom. The first-order valence-corrected chi connectivity index (χ1v) is 5.27. The monoisotopic (exact) mass is 299 g/mol. The second kappa shape index (κ2) is 11.1. The zero-order chi connectivity index (χ0) is 9.64. The summed E-state index contributed by atoms with van der Waals surface area (Å²) < 4.78 is 0. The molecule has 1 aliphatic heterocycles. The molecule has 1 saturated heterocycles. The first kappa shape index (κ1) is 19.3. The lowest BCUT2D eigenvalue weighted by Gasteiger charge is -2.27. The van der Waals surface area contributed by atoms with Crippen molar-refractivity contribution in [1.29, 1.82) is 0 Å². The molecule has 17 heavy (non-hydrogen) atoms. The van der Waals surface area contributed by atoms with Gasteiger partial charge in [0.05, 0.1) is 0 Å². The molecule has 1 fully saturated rings. The Balaban J connectivity index is 0. The minimum absolute atomic E-state index is 0. The Morgan fingerprint density at radius 1 is 1.06 bits per heavy atom. The summed E-state index contributed by atoms with van der Waals surface area (Å²) in [4.78, 5) is 6.53. The molecule has 2 rings (SSSR count). The van der Waals surface area contributed by atoms with Gasteiger partial charge in [-0.3, -0.25) is 4.98 Å². The number of pyridine rings is 1. The summed E-state index contributed by atoms with van der Waals surface area (Å²) >= 11 is 0. The van der Waals surface area contributed by atoms with E-state index in [1.165, 1.54) is 25.2 Å². The molecular formula is C11H20Cl3N3. The number of halogens is 3. The van der Waals surface area contributed by atoms with Crippen LogP contribution in [0.2, 0.25) is 0 Å². The smallest absolute Gasteiger partial charge is 0.0270 e. The first-order valence-electron chi connectivity index (χ1n) is 5.27. The third kappa shape index (κ3) is 7.06. The molecule has 100 valence electrons. The molecule has 0 bridgehead atoms. The summed E-state index contributed by atoms with van der Waals surface area (Å²) in [6.07, 6.45) is 4.88. The SMILES string of the molecule is Cl.Cl.Cl.c1cc(CCN2CCNCC2)ccn1. The quantitative estimate of drug-likeness (QED) is 0.922. The van der Waals surface area contributed by atoms with E-state index in [0.29, 0.717) is 0 Å². The number of hydrogen-bond donors (Lipinski definition) is 1. The van der Waals surface area contributed by atoms with E-state index in [9.17, 15) is 0 Å². The number of piperazine rings is 1. The molecule has 0 spiro atoms. The van der Waals surface area contributed by atoms with Crippen LogP contribution in [0.3, 0.4) is 0 Å². The highest BCUT2D eigenvalue weighted by Gasteiger charge is 2.08. The molecule has 1 aromatic heterocycles. The van der Waals surface area contributed by atoms with Gasteiger partial charge < -0.3 is 10.2 Å². The van der Waals surface area contributed by atoms with Gasteiger partial charge in [0.15, 0.2) is 0 Å². The van der Waals surface area contributed by atoms with Gasteiger partial charge in [0.2, 0.25) is 0 Å². The summed E-state index contributed by atoms with van der Waals surface area (Å²) in [6.45, 7) is 5.81. The summed E-state index contributed by atoms with van der Waals surface area (Å²) in [7, 11) is 0. The average Bonchev–Trinajstić information content (AvgIpc) is 2.29. The van der Waals surface area contributed by atoms with Crippen molar-refractivity contribution < 1.29 is 0 Å². The van der Waals surface area contributed by atoms with Crippen molar-refractivity contribution >= 4 is 37.2 Å². The normalized spacial score (nSPS) is 15.1. The number of rotatable bonds is 3. The van der Waals surface area contributed by atoms with Gasteiger partial charge in [-0.15, -0.1) is 37.2 Å². The molecule has 0 aliphatic carbocycles. The molecule has 0 aromatic carbocycles. The van der Waals surface area contributed by atoms with Crippen molar-refractivity contribution in [1.82, 2.24) is 15.2 Å². The predicted molar refractivity (Wildman–Crippen MR) is 79.0 cm³/mol. The lowest BCUT2D eigenvalue weighted by atomic mass is 10.2. The van der Waals surface area contributed by atoms with Gasteiger partial charge in [-0.1, -0.05) is 0 Å². The van der Waals surface area contributed by atoms with Gasteiger partial charge in [0, 0.05) is 45.1 Å². The number of aromatic nitrogens is 1. The fourth-order valence-corrected chi connectivity index (χ4v) is 1.77. The van der Waals surface area contributed by atoms with E-state index in [1.807, 2.05) is 12.4 Å². The molecule has 0 saturated carbocycles. The minimum atomic E-state index is 0. The Bertz CT molecular complexity index is 266. The molecular weight excluding hydrogens is 281 g/mol. The zero-order valence-electron chi connectivity index (χ0n) is 9.67. The van der Waals surface area contributed by atoms with E-state index in [2.05, 4.69) is 27.3 Å². The molecule has 3 nitrogen and oxygen atoms in total. The van der Waals surface area contributed by atoms with Gasteiger partial charge >= 0.3 is 0 Å². The van der Waals surface area contributed by atoms with Crippen LogP contribution < -0.4 is 5.32 Å². The van der Waals surface area contributed by atoms with Crippen molar-refractivity contribution in [3.8, 4) is 0 Å². The van der Waals surface area contributed by atoms with Crippen LogP contribution in [-0.2, 0) is 6.42 Å². The van der Waals surface area contributed by atoms with E-state index in [-0.39, 0.29) is 37.2 Å². The van der Waals surface area contributed by atoms with Gasteiger partial charge in [0.25, 0.3) is 0 Å². The van der Waals surface area contributed by atoms with Crippen molar-refractivity contribution in [2.75, 3.05) is 32.7 Å². The maximum Gasteiger partial charge on any atom is 0.0270 e. The van der Waals surface area contributed by atoms with E-state index in [1.54, 1.807) is 0 Å². The molecule has 1 aromatic rings. The zero-order valence-corrected chi connectivity index (χ0v) is 12.1. The maximum atomic E-state index is 4.02. The molecule has 0 amide bonds. The molecule has 1 N–H and O–H groups in total. The van der Waals surface area contributed by atoms with Crippen molar-refractivity contribution in [2.24, 2.45) is 0 Å². The number of hydrogen-bond acceptors (Lipinski definition) is 3. The Labute approximate surface area is 122 Å². The Hall–Kier alpha value is -0.0600. The van der Waals surface area contributed by atoms with Crippen LogP contribution >= 0.6 is 37.2 Å². The highest BCUT2D eigenvalue weighted by Crippen LogP contribution is 2.00. The van der Waals surface area contributed by atoms with Gasteiger partial charge in [0.1, 0.15) is 0 Å². The van der Waals surface area contributed by atoms with Crippen LogP contribution in [-0.4, -0.2) is 42.6 Å². The third-order valence-electron chi connectivity index (χ3n) is 2.68. The number of nitrogens with zero attached hydrogens (tertiary/aromatic N) is 2. The van der Waals surface area contributed by atoms with E-state index in [4.69, 9.17) is 0 Å². The Morgan fingerprint density at radius 3 is 2.24 bits per heavy atom. The van der Waals surface area contributed by atoms with Crippen LogP contribution in [0.5, 0.6) is 0 Å². The second-order valence-electron chi connectivity index (χ2n) is 3.70. The molecule has 1 aliphatic rings. The topological polar surface area (TPSA) is 28.2 Å². The minimum Gasteiger partial charge on any atom is -0.314 e. The molecule has 0 radical (unpaired) electrons. The summed E-state index contributed by atoms with van der Waals surface area (Å²) in [5.74, 6) is 0. The van der Waals surface area contributed by atoms with Crippen molar-refractivity contribution in [3.63, 3.8) is 0 Å². The average molecular weight is 301 g/mol. The predicted octanol–water partition coefficient (Wildman–Crippen LogP) is 1.79. The standard InChI is InChI=1S/C11H17N3.3ClH/c1-4-12-5-2-11(1)3-8-14-9-6-13-7-10-14;;;/h1-2,4-5,13H,3,6-10H2;3*1H. The van der Waals surface area contributed by atoms with Gasteiger partial charge in [-0.05, 0) is 24.1 Å². The molecule has 0 atom stereocenters. The Kier molecular flexibility index (Phi) is 12.5. The van der Waals surface area contributed by atoms with Gasteiger partial charge in [-0.25, -0.2) is 0 Å². The van der Waals surface area contributed by atoms with Crippen LogP contribution in [0.25, 0.3) is 0 Å². The van der Waals surface area contributed by atoms with Crippen molar-refractivity contribution in [2.45, 2.75) is 6.42 Å². The summed E-state index contributed by atoms with van der Waals surface area (Å²) in [5, 5.41) is 3.36. The lowest BCUT2D eigenvalue weighted by molar-refractivity contribution is 0.244. The van der Waals surface area contributed by atoms with Crippen LogP contribution in [0, 0.1) is 0 Å². The highest BCUT2D eigenvalue weighted by atomic mass is 35.5. The van der Waals surface area contributed by atoms with E-state index in [0.717, 1.165) is 19.5 Å². The summed E-state index contributed by atoms with van der Waals surface area (Å²) in [6, 6.07) is 4.20. The largest absolute Gasteiger partial charge is 0.314 e. The first-order chi connectivity index (χ1) is 6.95. The fourth-order valence-electron chi connectivity index (χ4n) is 1.77. The molecule has 6 heteroatoms. The van der Waals surface area contributed by atoms with Crippen LogP contribution in [0.1, 0.15) is 5.56 Å². The summed E-state index contributed by atoms with van der Waals surface area (Å²) in [5.41, 5.74) is 1.39. The fraction of sp³-hybridized carbons (Fsp3) is 0.545. The highest BCUT2D eigenvalue weighted by molar-refractivity contribution is 5.86. The third-order valence-corrected chi connectivity index (χ3v) is 2.68. The van der Waals surface area contributed by atoms with E-state index >= 15 is 0 Å². The molecule has 2 heterocycles. The van der Waals surface area contributed by atoms with Crippen LogP contribution in [0.15, 0.2) is 24.5 Å². The molecule has 0 unspecified atom stereocenters. The van der Waals surface area contributed by atoms with Crippen LogP contribution in [0.4, 0.5) is 0 Å². The lowest BCUT2D eigenvalue weighted by Crippen LogP contribution is -2.44. The second-order valence-corrected chi connectivity index (χ2v) is 3.70.